The second-order valence-electron chi connectivity index (χ2n) is 6.38. The van der Waals surface area contributed by atoms with Crippen LogP contribution in [0.1, 0.15) is 52.0 Å². The number of nitrogens with zero attached hydrogens (tertiary/aromatic N) is 3. The molecule has 1 amide bonds. The molecular formula is C16H22N4O2S. The Labute approximate surface area is 140 Å². The maximum Gasteiger partial charge on any atom is 0.413 e. The summed E-state index contributed by atoms with van der Waals surface area (Å²) in [5.74, 6) is 0. The highest BCUT2D eigenvalue weighted by Crippen LogP contribution is 2.18. The fourth-order valence-corrected chi connectivity index (χ4v) is 2.37. The fourth-order valence-electron chi connectivity index (χ4n) is 1.70. The molecule has 0 spiro atoms. The maximum absolute atomic E-state index is 11.7. The summed E-state index contributed by atoms with van der Waals surface area (Å²) in [6.07, 6.45) is 7.04. The Hall–Kier alpha value is -2.15. The third-order valence-corrected chi connectivity index (χ3v) is 3.55. The first kappa shape index (κ1) is 17.2. The van der Waals surface area contributed by atoms with Crippen molar-refractivity contribution in [1.29, 1.82) is 0 Å². The molecule has 6 nitrogen and oxygen atoms in total. The van der Waals surface area contributed by atoms with Crippen molar-refractivity contribution in [2.45, 2.75) is 46.3 Å². The number of hydrogen-bond acceptors (Lipinski definition) is 5. The van der Waals surface area contributed by atoms with Crippen molar-refractivity contribution < 1.29 is 9.53 Å². The third-order valence-electron chi connectivity index (χ3n) is 2.77. The highest BCUT2D eigenvalue weighted by molar-refractivity contribution is 7.14. The van der Waals surface area contributed by atoms with E-state index in [1.54, 1.807) is 6.33 Å². The van der Waals surface area contributed by atoms with Crippen LogP contribution in [0.2, 0.25) is 0 Å². The molecule has 1 N–H and O–H groups in total. The first-order valence-electron chi connectivity index (χ1n) is 7.40. The minimum atomic E-state index is -0.528. The van der Waals surface area contributed by atoms with Crippen molar-refractivity contribution in [2.24, 2.45) is 0 Å². The number of aromatic nitrogens is 3. The molecule has 0 aliphatic heterocycles. The van der Waals surface area contributed by atoms with Crippen LogP contribution in [0, 0.1) is 0 Å². The lowest BCUT2D eigenvalue weighted by molar-refractivity contribution is 0.0636. The molecule has 2 aromatic heterocycles. The number of carbonyl (C=O) groups excluding carboxylic acids is 1. The lowest BCUT2D eigenvalue weighted by atomic mass is 10.2. The number of amides is 1. The summed E-state index contributed by atoms with van der Waals surface area (Å²) in [6.45, 7) is 9.66. The highest BCUT2D eigenvalue weighted by Gasteiger charge is 2.17. The highest BCUT2D eigenvalue weighted by atomic mass is 32.1. The van der Waals surface area contributed by atoms with E-state index < -0.39 is 11.7 Å². The Morgan fingerprint density at radius 2 is 2.04 bits per heavy atom. The van der Waals surface area contributed by atoms with Gasteiger partial charge in [0.25, 0.3) is 0 Å². The molecule has 0 saturated heterocycles. The van der Waals surface area contributed by atoms with E-state index in [4.69, 9.17) is 4.74 Å². The molecular weight excluding hydrogens is 312 g/mol. The summed E-state index contributed by atoms with van der Waals surface area (Å²) < 4.78 is 7.23. The Morgan fingerprint density at radius 3 is 2.65 bits per heavy atom. The van der Waals surface area contributed by atoms with Gasteiger partial charge in [0, 0.05) is 17.6 Å². The Balaban J connectivity index is 1.96. The van der Waals surface area contributed by atoms with Crippen molar-refractivity contribution in [3.8, 4) is 0 Å². The average Bonchev–Trinajstić information content (AvgIpc) is 3.02. The van der Waals surface area contributed by atoms with E-state index in [2.05, 4.69) is 29.1 Å². The summed E-state index contributed by atoms with van der Waals surface area (Å²) >= 11 is 1.35. The van der Waals surface area contributed by atoms with Crippen molar-refractivity contribution in [3.05, 3.63) is 29.3 Å². The molecule has 0 bridgehead atoms. The molecule has 7 heteroatoms. The van der Waals surface area contributed by atoms with E-state index in [1.165, 1.54) is 11.3 Å². The van der Waals surface area contributed by atoms with Crippen LogP contribution < -0.4 is 5.32 Å². The molecule has 2 aromatic rings. The van der Waals surface area contributed by atoms with Crippen molar-refractivity contribution in [1.82, 2.24) is 14.5 Å². The molecule has 0 saturated carbocycles. The van der Waals surface area contributed by atoms with E-state index in [9.17, 15) is 4.79 Å². The van der Waals surface area contributed by atoms with Crippen LogP contribution in [-0.4, -0.2) is 26.2 Å². The monoisotopic (exact) mass is 334 g/mol. The van der Waals surface area contributed by atoms with Crippen LogP contribution in [-0.2, 0) is 4.74 Å². The summed E-state index contributed by atoms with van der Waals surface area (Å²) in [6, 6.07) is 0.383. The van der Waals surface area contributed by atoms with Crippen LogP contribution in [0.15, 0.2) is 17.9 Å². The molecule has 0 aliphatic rings. The molecule has 23 heavy (non-hydrogen) atoms. The molecule has 0 atom stereocenters. The number of nitrogens with one attached hydrogen (secondary N) is 1. The van der Waals surface area contributed by atoms with Gasteiger partial charge in [-0.2, -0.15) is 0 Å². The number of hydrogen-bond donors (Lipinski definition) is 1. The third kappa shape index (κ3) is 5.52. The zero-order chi connectivity index (χ0) is 17.0. The van der Waals surface area contributed by atoms with Crippen LogP contribution in [0.4, 0.5) is 9.93 Å². The zero-order valence-corrected chi connectivity index (χ0v) is 14.8. The van der Waals surface area contributed by atoms with E-state index in [0.717, 1.165) is 11.4 Å². The Kier molecular flexibility index (Phi) is 5.20. The number of carbonyl (C=O) groups is 1. The standard InChI is InChI=1S/C16H22N4O2S/c1-11(2)20-8-12(17-10-20)6-7-13-9-23-14(18-13)19-15(21)22-16(3,4)5/h6-11H,1-5H3,(H,18,19,21)/b7-6+. The molecule has 0 aliphatic carbocycles. The quantitative estimate of drug-likeness (QED) is 0.897. The van der Waals surface area contributed by atoms with Crippen molar-refractivity contribution >= 4 is 34.7 Å². The van der Waals surface area contributed by atoms with E-state index in [0.29, 0.717) is 11.2 Å². The van der Waals surface area contributed by atoms with Crippen molar-refractivity contribution in [3.63, 3.8) is 0 Å². The normalized spacial score (nSPS) is 12.1. The van der Waals surface area contributed by atoms with Gasteiger partial charge in [-0.05, 0) is 46.8 Å². The molecule has 0 aromatic carbocycles. The SMILES string of the molecule is CC(C)n1cnc(/C=C/c2csc(NC(=O)OC(C)(C)C)n2)c1. The number of rotatable bonds is 4. The van der Waals surface area contributed by atoms with Gasteiger partial charge in [-0.1, -0.05) is 0 Å². The first-order valence-corrected chi connectivity index (χ1v) is 8.28. The molecule has 0 unspecified atom stereocenters. The smallest absolute Gasteiger partial charge is 0.413 e. The number of anilines is 1. The molecule has 0 radical (unpaired) electrons. The Bertz CT molecular complexity index is 695. The summed E-state index contributed by atoms with van der Waals surface area (Å²) in [5, 5.41) is 5.00. The minimum absolute atomic E-state index is 0.383. The van der Waals surface area contributed by atoms with Crippen LogP contribution >= 0.6 is 11.3 Å². The van der Waals surface area contributed by atoms with Gasteiger partial charge in [-0.25, -0.2) is 14.8 Å². The molecule has 2 heterocycles. The fraction of sp³-hybridized carbons (Fsp3) is 0.438. The zero-order valence-electron chi connectivity index (χ0n) is 14.0. The van der Waals surface area contributed by atoms with Crippen molar-refractivity contribution in [2.75, 3.05) is 5.32 Å². The maximum atomic E-state index is 11.7. The summed E-state index contributed by atoms with van der Waals surface area (Å²) in [4.78, 5) is 20.3. The van der Waals surface area contributed by atoms with Gasteiger partial charge in [0.05, 0.1) is 17.7 Å². The van der Waals surface area contributed by atoms with Crippen LogP contribution in [0.5, 0.6) is 0 Å². The van der Waals surface area contributed by atoms with E-state index >= 15 is 0 Å². The van der Waals surface area contributed by atoms with Gasteiger partial charge < -0.3 is 9.30 Å². The summed E-state index contributed by atoms with van der Waals surface area (Å²) in [7, 11) is 0. The average molecular weight is 334 g/mol. The van der Waals surface area contributed by atoms with Gasteiger partial charge in [-0.3, -0.25) is 5.32 Å². The van der Waals surface area contributed by atoms with E-state index in [1.807, 2.05) is 49.1 Å². The predicted octanol–water partition coefficient (Wildman–Crippen LogP) is 4.44. The van der Waals surface area contributed by atoms with E-state index in [-0.39, 0.29) is 0 Å². The topological polar surface area (TPSA) is 69.0 Å². The molecule has 2 rings (SSSR count). The largest absolute Gasteiger partial charge is 0.444 e. The predicted molar refractivity (Wildman–Crippen MR) is 93.5 cm³/mol. The van der Waals surface area contributed by atoms with Crippen LogP contribution in [0.3, 0.4) is 0 Å². The second kappa shape index (κ2) is 6.95. The summed E-state index contributed by atoms with van der Waals surface area (Å²) in [5.41, 5.74) is 1.10. The first-order chi connectivity index (χ1) is 10.7. The number of imidazole rings is 1. The van der Waals surface area contributed by atoms with Gasteiger partial charge in [0.15, 0.2) is 5.13 Å². The van der Waals surface area contributed by atoms with Gasteiger partial charge in [-0.15, -0.1) is 11.3 Å². The molecule has 124 valence electrons. The Morgan fingerprint density at radius 1 is 1.35 bits per heavy atom. The minimum Gasteiger partial charge on any atom is -0.444 e. The lowest BCUT2D eigenvalue weighted by Crippen LogP contribution is -2.27. The van der Waals surface area contributed by atoms with Gasteiger partial charge in [0.1, 0.15) is 5.60 Å². The van der Waals surface area contributed by atoms with Gasteiger partial charge >= 0.3 is 6.09 Å². The number of thiazole rings is 1. The van der Waals surface area contributed by atoms with Crippen LogP contribution in [0.25, 0.3) is 12.2 Å². The second-order valence-corrected chi connectivity index (χ2v) is 7.24. The molecule has 0 fully saturated rings. The number of ether oxygens (including phenoxy) is 1. The van der Waals surface area contributed by atoms with Gasteiger partial charge in [0.2, 0.25) is 0 Å². The lowest BCUT2D eigenvalue weighted by Gasteiger charge is -2.18.